The van der Waals surface area contributed by atoms with Crippen LogP contribution < -0.4 is 10.1 Å². The Labute approximate surface area is 155 Å². The number of hydrogen-bond acceptors (Lipinski definition) is 4. The van der Waals surface area contributed by atoms with Crippen LogP contribution in [0.1, 0.15) is 51.0 Å². The second-order valence-corrected chi connectivity index (χ2v) is 7.01. The van der Waals surface area contributed by atoms with Gasteiger partial charge in [-0.1, -0.05) is 50.8 Å². The van der Waals surface area contributed by atoms with Crippen LogP contribution in [0.5, 0.6) is 5.75 Å². The van der Waals surface area contributed by atoms with Gasteiger partial charge in [0.05, 0.1) is 23.6 Å². The lowest BCUT2D eigenvalue weighted by Crippen LogP contribution is -2.19. The molecule has 4 nitrogen and oxygen atoms in total. The number of rotatable bonds is 9. The number of nitrogens with one attached hydrogen (secondary N) is 1. The Balaban J connectivity index is 1.99. The van der Waals surface area contributed by atoms with E-state index in [0.29, 0.717) is 5.17 Å². The summed E-state index contributed by atoms with van der Waals surface area (Å²) in [5, 5.41) is 2.81. The van der Waals surface area contributed by atoms with Crippen LogP contribution in [0.15, 0.2) is 23.2 Å². The third kappa shape index (κ3) is 6.55. The van der Waals surface area contributed by atoms with Crippen LogP contribution in [0.3, 0.4) is 0 Å². The normalized spacial score (nSPS) is 16.2. The van der Waals surface area contributed by atoms with Gasteiger partial charge in [0, 0.05) is 0 Å². The molecule has 0 radical (unpaired) electrons. The first-order chi connectivity index (χ1) is 12.4. The van der Waals surface area contributed by atoms with Gasteiger partial charge in [-0.3, -0.25) is 4.79 Å². The summed E-state index contributed by atoms with van der Waals surface area (Å²) in [6.07, 6.45) is 1.71. The van der Waals surface area contributed by atoms with Gasteiger partial charge in [0.25, 0.3) is 0 Å². The van der Waals surface area contributed by atoms with Crippen molar-refractivity contribution in [2.45, 2.75) is 51.6 Å². The zero-order valence-corrected chi connectivity index (χ0v) is 15.5. The van der Waals surface area contributed by atoms with Crippen LogP contribution >= 0.6 is 11.8 Å². The Hall–Kier alpha value is -1.70. The molecule has 26 heavy (non-hydrogen) atoms. The van der Waals surface area contributed by atoms with Crippen molar-refractivity contribution in [3.05, 3.63) is 23.8 Å². The van der Waals surface area contributed by atoms with Crippen molar-refractivity contribution in [2.24, 2.45) is 4.99 Å². The topological polar surface area (TPSA) is 50.7 Å². The number of amides is 1. The van der Waals surface area contributed by atoms with Crippen molar-refractivity contribution >= 4 is 28.5 Å². The minimum atomic E-state index is -4.53. The van der Waals surface area contributed by atoms with Crippen molar-refractivity contribution in [2.75, 3.05) is 12.4 Å². The highest BCUT2D eigenvalue weighted by molar-refractivity contribution is 8.15. The van der Waals surface area contributed by atoms with E-state index in [1.807, 2.05) is 0 Å². The van der Waals surface area contributed by atoms with Crippen LogP contribution in [0.4, 0.5) is 18.9 Å². The molecule has 1 saturated heterocycles. The number of benzene rings is 1. The van der Waals surface area contributed by atoms with Crippen LogP contribution in [0, 0.1) is 0 Å². The van der Waals surface area contributed by atoms with E-state index in [-0.39, 0.29) is 29.7 Å². The summed E-state index contributed by atoms with van der Waals surface area (Å²) >= 11 is 1.16. The van der Waals surface area contributed by atoms with E-state index in [1.54, 1.807) is 0 Å². The molecule has 1 aromatic carbocycles. The molecule has 0 atom stereocenters. The molecule has 1 aromatic rings. The molecule has 0 aromatic heterocycles. The molecule has 1 aliphatic rings. The molecule has 1 fully saturated rings. The molecule has 0 bridgehead atoms. The number of hydrogen-bond donors (Lipinski definition) is 1. The molecule has 0 spiro atoms. The van der Waals surface area contributed by atoms with Crippen LogP contribution in [-0.2, 0) is 11.0 Å². The molecule has 2 rings (SSSR count). The SMILES string of the molecule is CCCCCCCCOc1ccc(N=C2NC(=O)CS2)cc1C(F)(F)F. The minimum Gasteiger partial charge on any atom is -0.493 e. The number of ether oxygens (including phenoxy) is 1. The maximum Gasteiger partial charge on any atom is 0.420 e. The van der Waals surface area contributed by atoms with Gasteiger partial charge < -0.3 is 10.1 Å². The molecule has 1 heterocycles. The smallest absolute Gasteiger partial charge is 0.420 e. The van der Waals surface area contributed by atoms with E-state index >= 15 is 0 Å². The molecular weight excluding hydrogens is 365 g/mol. The van der Waals surface area contributed by atoms with Gasteiger partial charge in [0.15, 0.2) is 5.17 Å². The van der Waals surface area contributed by atoms with Crippen molar-refractivity contribution in [1.82, 2.24) is 5.32 Å². The van der Waals surface area contributed by atoms with Crippen LogP contribution in [0.25, 0.3) is 0 Å². The Morgan fingerprint density at radius 2 is 1.92 bits per heavy atom. The van der Waals surface area contributed by atoms with Crippen molar-refractivity contribution < 1.29 is 22.7 Å². The number of carbonyl (C=O) groups excluding carboxylic acids is 1. The number of thioether (sulfide) groups is 1. The monoisotopic (exact) mass is 388 g/mol. The molecule has 8 heteroatoms. The highest BCUT2D eigenvalue weighted by atomic mass is 32.2. The number of nitrogens with zero attached hydrogens (tertiary/aromatic N) is 1. The summed E-state index contributed by atoms with van der Waals surface area (Å²) in [5.74, 6) is -0.161. The summed E-state index contributed by atoms with van der Waals surface area (Å²) in [6, 6.07) is 3.71. The number of carbonyl (C=O) groups is 1. The first-order valence-corrected chi connectivity index (χ1v) is 9.74. The minimum absolute atomic E-state index is 0.133. The van der Waals surface area contributed by atoms with Gasteiger partial charge in [-0.15, -0.1) is 0 Å². The number of halogens is 3. The van der Waals surface area contributed by atoms with Crippen molar-refractivity contribution in [3.8, 4) is 5.75 Å². The van der Waals surface area contributed by atoms with Gasteiger partial charge in [-0.2, -0.15) is 13.2 Å². The number of aliphatic imine (C=N–C) groups is 1. The van der Waals surface area contributed by atoms with E-state index in [0.717, 1.165) is 49.9 Å². The highest BCUT2D eigenvalue weighted by Gasteiger charge is 2.35. The predicted octanol–water partition coefficient (Wildman–Crippen LogP) is 5.30. The fraction of sp³-hybridized carbons (Fsp3) is 0.556. The molecule has 1 amide bonds. The maximum absolute atomic E-state index is 13.3. The number of amidine groups is 1. The first kappa shape index (κ1) is 20.6. The van der Waals surface area contributed by atoms with Crippen LogP contribution in [-0.4, -0.2) is 23.4 Å². The van der Waals surface area contributed by atoms with Crippen LogP contribution in [0.2, 0.25) is 0 Å². The van der Waals surface area contributed by atoms with E-state index in [4.69, 9.17) is 4.74 Å². The number of alkyl halides is 3. The quantitative estimate of drug-likeness (QED) is 0.585. The average molecular weight is 388 g/mol. The molecule has 0 unspecified atom stereocenters. The zero-order chi connectivity index (χ0) is 19.0. The molecule has 0 saturated carbocycles. The predicted molar refractivity (Wildman–Crippen MR) is 98.0 cm³/mol. The van der Waals surface area contributed by atoms with E-state index < -0.39 is 11.7 Å². The summed E-state index contributed by atoms with van der Waals surface area (Å²) in [4.78, 5) is 15.2. The highest BCUT2D eigenvalue weighted by Crippen LogP contribution is 2.38. The summed E-state index contributed by atoms with van der Waals surface area (Å²) < 4.78 is 45.3. The largest absolute Gasteiger partial charge is 0.493 e. The van der Waals surface area contributed by atoms with Gasteiger partial charge in [0.2, 0.25) is 5.91 Å². The lowest BCUT2D eigenvalue weighted by atomic mass is 10.1. The summed E-state index contributed by atoms with van der Waals surface area (Å²) in [5.41, 5.74) is -0.714. The Kier molecular flexibility index (Phi) is 7.81. The van der Waals surface area contributed by atoms with E-state index in [1.165, 1.54) is 18.6 Å². The third-order valence-corrected chi connectivity index (χ3v) is 4.71. The number of unbranched alkanes of at least 4 members (excludes halogenated alkanes) is 5. The second-order valence-electron chi connectivity index (χ2n) is 6.05. The molecule has 1 aliphatic heterocycles. The fourth-order valence-corrected chi connectivity index (χ4v) is 3.20. The van der Waals surface area contributed by atoms with Gasteiger partial charge in [0.1, 0.15) is 5.75 Å². The van der Waals surface area contributed by atoms with E-state index in [2.05, 4.69) is 17.2 Å². The Morgan fingerprint density at radius 1 is 1.19 bits per heavy atom. The molecule has 0 aliphatic carbocycles. The Bertz CT molecular complexity index is 648. The van der Waals surface area contributed by atoms with E-state index in [9.17, 15) is 18.0 Å². The van der Waals surface area contributed by atoms with Gasteiger partial charge in [-0.05, 0) is 24.6 Å². The fourth-order valence-electron chi connectivity index (χ4n) is 2.50. The van der Waals surface area contributed by atoms with Crippen molar-refractivity contribution in [3.63, 3.8) is 0 Å². The lowest BCUT2D eigenvalue weighted by molar-refractivity contribution is -0.139. The van der Waals surface area contributed by atoms with Gasteiger partial charge in [-0.25, -0.2) is 4.99 Å². The second kappa shape index (κ2) is 9.85. The first-order valence-electron chi connectivity index (χ1n) is 8.75. The summed E-state index contributed by atoms with van der Waals surface area (Å²) in [6.45, 7) is 2.39. The molecule has 144 valence electrons. The molecular formula is C18H23F3N2O2S. The van der Waals surface area contributed by atoms with Crippen molar-refractivity contribution in [1.29, 1.82) is 0 Å². The Morgan fingerprint density at radius 3 is 2.58 bits per heavy atom. The summed E-state index contributed by atoms with van der Waals surface area (Å²) in [7, 11) is 0. The molecule has 1 N–H and O–H groups in total. The lowest BCUT2D eigenvalue weighted by Gasteiger charge is -2.14. The third-order valence-electron chi connectivity index (χ3n) is 3.84. The average Bonchev–Trinajstić information content (AvgIpc) is 2.99. The standard InChI is InChI=1S/C18H23F3N2O2S/c1-2-3-4-5-6-7-10-25-15-9-8-13(11-14(15)18(19,20)21)22-17-23-16(24)12-26-17/h8-9,11H,2-7,10,12H2,1H3,(H,22,23,24). The maximum atomic E-state index is 13.3. The van der Waals surface area contributed by atoms with Gasteiger partial charge >= 0.3 is 6.18 Å². The zero-order valence-electron chi connectivity index (χ0n) is 14.7.